The van der Waals surface area contributed by atoms with Crippen LogP contribution in [0.3, 0.4) is 0 Å². The molecule has 0 fully saturated rings. The summed E-state index contributed by atoms with van der Waals surface area (Å²) in [5.74, 6) is 1.22. The van der Waals surface area contributed by atoms with E-state index in [1.807, 2.05) is 24.3 Å². The van der Waals surface area contributed by atoms with Gasteiger partial charge in [-0.05, 0) is 23.8 Å². The van der Waals surface area contributed by atoms with Crippen molar-refractivity contribution < 1.29 is 9.47 Å². The average Bonchev–Trinajstić information content (AvgIpc) is 2.45. The van der Waals surface area contributed by atoms with E-state index >= 15 is 0 Å². The van der Waals surface area contributed by atoms with Crippen molar-refractivity contribution in [3.8, 4) is 11.6 Å². The zero-order valence-corrected chi connectivity index (χ0v) is 10.6. The Morgan fingerprint density at radius 2 is 2.16 bits per heavy atom. The molecular weight excluding hydrogens is 242 g/mol. The second kappa shape index (κ2) is 5.86. The molecule has 0 spiro atoms. The Morgan fingerprint density at radius 3 is 2.89 bits per heavy atom. The number of pyridine rings is 1. The van der Waals surface area contributed by atoms with Crippen LogP contribution >= 0.6 is 0 Å². The van der Waals surface area contributed by atoms with E-state index in [-0.39, 0.29) is 5.84 Å². The highest BCUT2D eigenvalue weighted by atomic mass is 16.5. The van der Waals surface area contributed by atoms with Crippen LogP contribution in [0.4, 0.5) is 0 Å². The molecule has 0 aliphatic rings. The van der Waals surface area contributed by atoms with E-state index in [0.717, 1.165) is 11.3 Å². The zero-order valence-electron chi connectivity index (χ0n) is 10.6. The molecule has 3 N–H and O–H groups in total. The number of benzene rings is 1. The van der Waals surface area contributed by atoms with Crippen LogP contribution in [0.25, 0.3) is 0 Å². The number of nitrogen functional groups attached to an aromatic ring is 1. The van der Waals surface area contributed by atoms with Crippen molar-refractivity contribution in [1.29, 1.82) is 5.41 Å². The lowest BCUT2D eigenvalue weighted by atomic mass is 10.2. The maximum Gasteiger partial charge on any atom is 0.214 e. The SMILES string of the molecule is COc1cccc(COc2cc(C(=N)N)ccn2)c1. The van der Waals surface area contributed by atoms with Gasteiger partial charge in [-0.1, -0.05) is 12.1 Å². The molecule has 98 valence electrons. The third kappa shape index (κ3) is 3.45. The Hall–Kier alpha value is -2.56. The molecule has 0 saturated carbocycles. The second-order valence-corrected chi connectivity index (χ2v) is 3.94. The molecule has 1 aromatic carbocycles. The Labute approximate surface area is 111 Å². The molecule has 0 aliphatic heterocycles. The monoisotopic (exact) mass is 257 g/mol. The van der Waals surface area contributed by atoms with Gasteiger partial charge >= 0.3 is 0 Å². The molecule has 0 saturated heterocycles. The van der Waals surface area contributed by atoms with Gasteiger partial charge in [-0.25, -0.2) is 4.98 Å². The number of nitrogens with two attached hydrogens (primary N) is 1. The van der Waals surface area contributed by atoms with Gasteiger partial charge in [0.15, 0.2) is 0 Å². The van der Waals surface area contributed by atoms with Crippen LogP contribution in [0, 0.1) is 5.41 Å². The third-order valence-corrected chi connectivity index (χ3v) is 2.57. The Balaban J connectivity index is 2.05. The molecule has 5 heteroatoms. The molecule has 0 atom stereocenters. The maximum atomic E-state index is 7.36. The number of ether oxygens (including phenoxy) is 2. The minimum absolute atomic E-state index is 0.00590. The summed E-state index contributed by atoms with van der Waals surface area (Å²) in [4.78, 5) is 4.07. The Kier molecular flexibility index (Phi) is 3.97. The van der Waals surface area contributed by atoms with Crippen molar-refractivity contribution in [1.82, 2.24) is 4.98 Å². The Bertz CT molecular complexity index is 584. The quantitative estimate of drug-likeness (QED) is 0.633. The van der Waals surface area contributed by atoms with Crippen molar-refractivity contribution in [3.63, 3.8) is 0 Å². The van der Waals surface area contributed by atoms with Crippen LogP contribution in [0.15, 0.2) is 42.6 Å². The molecule has 0 radical (unpaired) electrons. The van der Waals surface area contributed by atoms with Crippen molar-refractivity contribution in [2.75, 3.05) is 7.11 Å². The minimum Gasteiger partial charge on any atom is -0.497 e. The molecule has 2 rings (SSSR count). The van der Waals surface area contributed by atoms with Crippen LogP contribution in [0.1, 0.15) is 11.1 Å². The van der Waals surface area contributed by atoms with E-state index in [4.69, 9.17) is 20.6 Å². The lowest BCUT2D eigenvalue weighted by Gasteiger charge is -2.07. The molecular formula is C14H15N3O2. The van der Waals surface area contributed by atoms with Gasteiger partial charge in [0.2, 0.25) is 5.88 Å². The van der Waals surface area contributed by atoms with Crippen molar-refractivity contribution >= 4 is 5.84 Å². The molecule has 0 amide bonds. The largest absolute Gasteiger partial charge is 0.497 e. The summed E-state index contributed by atoms with van der Waals surface area (Å²) < 4.78 is 10.7. The zero-order chi connectivity index (χ0) is 13.7. The van der Waals surface area contributed by atoms with Gasteiger partial charge in [-0.3, -0.25) is 5.41 Å². The van der Waals surface area contributed by atoms with E-state index in [1.165, 1.54) is 0 Å². The maximum absolute atomic E-state index is 7.36. The van der Waals surface area contributed by atoms with Crippen LogP contribution < -0.4 is 15.2 Å². The molecule has 0 unspecified atom stereocenters. The first-order chi connectivity index (χ1) is 9.19. The fourth-order valence-corrected chi connectivity index (χ4v) is 1.58. The molecule has 0 aliphatic carbocycles. The van der Waals surface area contributed by atoms with Gasteiger partial charge in [0.1, 0.15) is 18.2 Å². The van der Waals surface area contributed by atoms with Crippen molar-refractivity contribution in [2.45, 2.75) is 6.61 Å². The predicted octanol–water partition coefficient (Wildman–Crippen LogP) is 1.95. The first kappa shape index (κ1) is 12.9. The second-order valence-electron chi connectivity index (χ2n) is 3.94. The van der Waals surface area contributed by atoms with Crippen molar-refractivity contribution in [2.24, 2.45) is 5.73 Å². The van der Waals surface area contributed by atoms with Crippen LogP contribution in [0.2, 0.25) is 0 Å². The molecule has 1 heterocycles. The summed E-state index contributed by atoms with van der Waals surface area (Å²) in [6.07, 6.45) is 1.57. The van der Waals surface area contributed by atoms with E-state index in [1.54, 1.807) is 25.4 Å². The third-order valence-electron chi connectivity index (χ3n) is 2.57. The van der Waals surface area contributed by atoms with Crippen LogP contribution in [-0.4, -0.2) is 17.9 Å². The summed E-state index contributed by atoms with van der Waals surface area (Å²) in [5.41, 5.74) is 6.99. The first-order valence-electron chi connectivity index (χ1n) is 5.75. The predicted molar refractivity (Wildman–Crippen MR) is 72.6 cm³/mol. The standard InChI is InChI=1S/C14H15N3O2/c1-18-12-4-2-3-10(7-12)9-19-13-8-11(14(15)16)5-6-17-13/h2-8H,9H2,1H3,(H3,15,16). The molecule has 0 bridgehead atoms. The lowest BCUT2D eigenvalue weighted by Crippen LogP contribution is -2.11. The fraction of sp³-hybridized carbons (Fsp3) is 0.143. The number of hydrogen-bond acceptors (Lipinski definition) is 4. The van der Waals surface area contributed by atoms with Crippen LogP contribution in [-0.2, 0) is 6.61 Å². The van der Waals surface area contributed by atoms with Crippen LogP contribution in [0.5, 0.6) is 11.6 Å². The highest BCUT2D eigenvalue weighted by molar-refractivity contribution is 5.95. The Morgan fingerprint density at radius 1 is 1.32 bits per heavy atom. The molecule has 2 aromatic rings. The van der Waals surface area contributed by atoms with Gasteiger partial charge in [0.05, 0.1) is 7.11 Å². The number of amidine groups is 1. The highest BCUT2D eigenvalue weighted by Gasteiger charge is 2.02. The molecule has 5 nitrogen and oxygen atoms in total. The molecule has 19 heavy (non-hydrogen) atoms. The number of rotatable bonds is 5. The first-order valence-corrected chi connectivity index (χ1v) is 5.75. The number of hydrogen-bond donors (Lipinski definition) is 2. The number of aromatic nitrogens is 1. The normalized spacial score (nSPS) is 9.95. The van der Waals surface area contributed by atoms with E-state index in [9.17, 15) is 0 Å². The minimum atomic E-state index is -0.00590. The van der Waals surface area contributed by atoms with Gasteiger partial charge in [-0.2, -0.15) is 0 Å². The smallest absolute Gasteiger partial charge is 0.214 e. The fourth-order valence-electron chi connectivity index (χ4n) is 1.58. The summed E-state index contributed by atoms with van der Waals surface area (Å²) in [7, 11) is 1.62. The van der Waals surface area contributed by atoms with Gasteiger partial charge in [0.25, 0.3) is 0 Å². The average molecular weight is 257 g/mol. The topological polar surface area (TPSA) is 81.2 Å². The van der Waals surface area contributed by atoms with E-state index in [0.29, 0.717) is 18.1 Å². The lowest BCUT2D eigenvalue weighted by molar-refractivity contribution is 0.293. The summed E-state index contributed by atoms with van der Waals surface area (Å²) in [5, 5.41) is 7.36. The highest BCUT2D eigenvalue weighted by Crippen LogP contribution is 2.15. The summed E-state index contributed by atoms with van der Waals surface area (Å²) >= 11 is 0. The van der Waals surface area contributed by atoms with E-state index < -0.39 is 0 Å². The van der Waals surface area contributed by atoms with Gasteiger partial charge in [-0.15, -0.1) is 0 Å². The summed E-state index contributed by atoms with van der Waals surface area (Å²) in [6, 6.07) is 10.9. The number of nitrogens with zero attached hydrogens (tertiary/aromatic N) is 1. The van der Waals surface area contributed by atoms with E-state index in [2.05, 4.69) is 4.98 Å². The summed E-state index contributed by atoms with van der Waals surface area (Å²) in [6.45, 7) is 0.381. The van der Waals surface area contributed by atoms with Crippen molar-refractivity contribution in [3.05, 3.63) is 53.7 Å². The number of methoxy groups -OCH3 is 1. The number of nitrogens with one attached hydrogen (secondary N) is 1. The van der Waals surface area contributed by atoms with Gasteiger partial charge < -0.3 is 15.2 Å². The van der Waals surface area contributed by atoms with Gasteiger partial charge in [0, 0.05) is 17.8 Å². The molecule has 1 aromatic heterocycles.